The van der Waals surface area contributed by atoms with Crippen molar-refractivity contribution in [3.8, 4) is 0 Å². The number of aliphatic imine (C=N–C) groups is 1. The molecule has 16 heavy (non-hydrogen) atoms. The van der Waals surface area contributed by atoms with Crippen LogP contribution in [0, 0.1) is 0 Å². The summed E-state index contributed by atoms with van der Waals surface area (Å²) in [6.45, 7) is 8.85. The highest BCUT2D eigenvalue weighted by Crippen LogP contribution is 2.18. The van der Waals surface area contributed by atoms with Crippen LogP contribution in [-0.2, 0) is 18.4 Å². The largest absolute Gasteiger partial charge is 0.396 e. The summed E-state index contributed by atoms with van der Waals surface area (Å²) in [5, 5.41) is 0.682. The van der Waals surface area contributed by atoms with Gasteiger partial charge in [-0.05, 0) is 19.0 Å². The third-order valence-corrected chi connectivity index (χ3v) is 5.38. The van der Waals surface area contributed by atoms with Crippen molar-refractivity contribution >= 4 is 14.6 Å². The Hall–Kier alpha value is -0.783. The van der Waals surface area contributed by atoms with Crippen LogP contribution in [0.1, 0.15) is 13.8 Å². The molecule has 0 fully saturated rings. The van der Waals surface area contributed by atoms with Gasteiger partial charge >= 0.3 is 8.56 Å². The van der Waals surface area contributed by atoms with Crippen molar-refractivity contribution in [2.24, 2.45) is 4.99 Å². The zero-order valence-electron chi connectivity index (χ0n) is 10.1. The SMILES string of the molecule is C=C(CN=C=O)[Si](COC)(OCC)OCC. The fraction of sp³-hybridized carbons (Fsp3) is 0.700. The van der Waals surface area contributed by atoms with Crippen LogP contribution in [-0.4, -0.2) is 47.7 Å². The first-order valence-electron chi connectivity index (χ1n) is 5.15. The van der Waals surface area contributed by atoms with Gasteiger partial charge in [0.25, 0.3) is 0 Å². The van der Waals surface area contributed by atoms with Gasteiger partial charge in [-0.25, -0.2) is 9.79 Å². The highest BCUT2D eigenvalue weighted by Gasteiger charge is 2.41. The highest BCUT2D eigenvalue weighted by atomic mass is 28.4. The molecule has 0 amide bonds. The third kappa shape index (κ3) is 4.38. The van der Waals surface area contributed by atoms with Crippen molar-refractivity contribution in [2.45, 2.75) is 13.8 Å². The molecule has 0 unspecified atom stereocenters. The maximum absolute atomic E-state index is 10.1. The Morgan fingerprint density at radius 2 is 1.94 bits per heavy atom. The number of methoxy groups -OCH3 is 1. The summed E-state index contributed by atoms with van der Waals surface area (Å²) in [6, 6.07) is 0. The lowest BCUT2D eigenvalue weighted by molar-refractivity contribution is 0.139. The van der Waals surface area contributed by atoms with E-state index in [1.54, 1.807) is 7.11 Å². The van der Waals surface area contributed by atoms with Crippen LogP contribution in [0.2, 0.25) is 0 Å². The molecule has 0 aromatic rings. The van der Waals surface area contributed by atoms with Crippen LogP contribution in [0.25, 0.3) is 0 Å². The molecule has 0 heterocycles. The smallest absolute Gasteiger partial charge is 0.390 e. The van der Waals surface area contributed by atoms with Crippen LogP contribution in [0.15, 0.2) is 16.8 Å². The summed E-state index contributed by atoms with van der Waals surface area (Å²) < 4.78 is 16.5. The van der Waals surface area contributed by atoms with Gasteiger partial charge in [-0.1, -0.05) is 6.58 Å². The summed E-state index contributed by atoms with van der Waals surface area (Å²) in [5.41, 5.74) is 0. The average Bonchev–Trinajstić information content (AvgIpc) is 2.26. The summed E-state index contributed by atoms with van der Waals surface area (Å²) in [7, 11) is -1.05. The Labute approximate surface area is 97.4 Å². The standard InChI is InChI=1S/C10H19NO4Si/c1-5-14-16(9-13-4,15-6-2)10(3)7-11-8-12/h3,5-7,9H2,1-2,4H3. The first kappa shape index (κ1) is 15.2. The molecule has 92 valence electrons. The van der Waals surface area contributed by atoms with Crippen LogP contribution < -0.4 is 0 Å². The minimum absolute atomic E-state index is 0.180. The van der Waals surface area contributed by atoms with Gasteiger partial charge in [-0.2, -0.15) is 0 Å². The number of ether oxygens (including phenoxy) is 1. The van der Waals surface area contributed by atoms with E-state index >= 15 is 0 Å². The maximum Gasteiger partial charge on any atom is 0.396 e. The molecule has 0 N–H and O–H groups in total. The molecule has 0 aliphatic carbocycles. The van der Waals surface area contributed by atoms with Gasteiger partial charge in [0.2, 0.25) is 6.08 Å². The number of nitrogens with zero attached hydrogens (tertiary/aromatic N) is 1. The van der Waals surface area contributed by atoms with Crippen molar-refractivity contribution in [3.05, 3.63) is 11.8 Å². The minimum Gasteiger partial charge on any atom is -0.390 e. The van der Waals surface area contributed by atoms with Crippen molar-refractivity contribution < 1.29 is 18.4 Å². The van der Waals surface area contributed by atoms with E-state index in [0.717, 1.165) is 0 Å². The van der Waals surface area contributed by atoms with Gasteiger partial charge in [-0.15, -0.1) is 0 Å². The van der Waals surface area contributed by atoms with Gasteiger partial charge in [0.1, 0.15) is 0 Å². The van der Waals surface area contributed by atoms with Crippen LogP contribution >= 0.6 is 0 Å². The first-order chi connectivity index (χ1) is 7.66. The minimum atomic E-state index is -2.63. The molecule has 0 aromatic carbocycles. The van der Waals surface area contributed by atoms with Gasteiger partial charge in [0, 0.05) is 20.3 Å². The fourth-order valence-electron chi connectivity index (χ4n) is 1.34. The Morgan fingerprint density at radius 1 is 1.38 bits per heavy atom. The average molecular weight is 245 g/mol. The van der Waals surface area contributed by atoms with Crippen molar-refractivity contribution in [3.63, 3.8) is 0 Å². The number of rotatable bonds is 9. The molecule has 5 nitrogen and oxygen atoms in total. The van der Waals surface area contributed by atoms with E-state index < -0.39 is 8.56 Å². The number of isocyanates is 1. The predicted octanol–water partition coefficient (Wildman–Crippen LogP) is 1.12. The summed E-state index contributed by atoms with van der Waals surface area (Å²) in [4.78, 5) is 13.6. The number of hydrogen-bond donors (Lipinski definition) is 0. The maximum atomic E-state index is 10.1. The van der Waals surface area contributed by atoms with E-state index in [4.69, 9.17) is 13.6 Å². The molecule has 6 heteroatoms. The lowest BCUT2D eigenvalue weighted by Gasteiger charge is -2.30. The van der Waals surface area contributed by atoms with Crippen molar-refractivity contribution in [1.82, 2.24) is 0 Å². The molecule has 0 atom stereocenters. The molecule has 0 aliphatic rings. The van der Waals surface area contributed by atoms with E-state index in [1.165, 1.54) is 6.08 Å². The zero-order chi connectivity index (χ0) is 12.4. The molecule has 0 bridgehead atoms. The molecule has 0 rings (SSSR count). The molecule has 0 spiro atoms. The second-order valence-corrected chi connectivity index (χ2v) is 6.14. The molecule has 0 radical (unpaired) electrons. The fourth-order valence-corrected chi connectivity index (χ4v) is 3.83. The van der Waals surface area contributed by atoms with E-state index in [2.05, 4.69) is 11.6 Å². The lowest BCUT2D eigenvalue weighted by Crippen LogP contribution is -2.50. The zero-order valence-corrected chi connectivity index (χ0v) is 11.1. The molecule has 0 saturated heterocycles. The Morgan fingerprint density at radius 3 is 2.31 bits per heavy atom. The summed E-state index contributed by atoms with van der Waals surface area (Å²) in [6.07, 6.45) is 1.83. The monoisotopic (exact) mass is 245 g/mol. The molecular formula is C10H19NO4Si. The van der Waals surface area contributed by atoms with Gasteiger partial charge in [0.05, 0.1) is 12.8 Å². The molecular weight excluding hydrogens is 226 g/mol. The first-order valence-corrected chi connectivity index (χ1v) is 7.17. The highest BCUT2D eigenvalue weighted by molar-refractivity contribution is 6.75. The molecule has 0 aliphatic heterocycles. The Balaban J connectivity index is 4.81. The van der Waals surface area contributed by atoms with Crippen LogP contribution in [0.3, 0.4) is 0 Å². The second kappa shape index (κ2) is 8.38. The Bertz CT molecular complexity index is 247. The van der Waals surface area contributed by atoms with Gasteiger partial charge in [-0.3, -0.25) is 0 Å². The van der Waals surface area contributed by atoms with Crippen LogP contribution in [0.5, 0.6) is 0 Å². The van der Waals surface area contributed by atoms with E-state index in [-0.39, 0.29) is 6.54 Å². The molecule has 0 saturated carbocycles. The summed E-state index contributed by atoms with van der Waals surface area (Å²) in [5.74, 6) is 0. The lowest BCUT2D eigenvalue weighted by atomic mass is 10.6. The van der Waals surface area contributed by atoms with E-state index in [1.807, 2.05) is 13.8 Å². The summed E-state index contributed by atoms with van der Waals surface area (Å²) >= 11 is 0. The van der Waals surface area contributed by atoms with Crippen LogP contribution in [0.4, 0.5) is 0 Å². The third-order valence-electron chi connectivity index (χ3n) is 1.96. The number of carbonyl (C=O) groups excluding carboxylic acids is 1. The van der Waals surface area contributed by atoms with Crippen molar-refractivity contribution in [2.75, 3.05) is 33.1 Å². The van der Waals surface area contributed by atoms with Crippen molar-refractivity contribution in [1.29, 1.82) is 0 Å². The predicted molar refractivity (Wildman–Crippen MR) is 63.0 cm³/mol. The van der Waals surface area contributed by atoms with E-state index in [9.17, 15) is 4.79 Å². The number of hydrogen-bond acceptors (Lipinski definition) is 5. The Kier molecular flexibility index (Phi) is 7.97. The topological polar surface area (TPSA) is 57.1 Å². The second-order valence-electron chi connectivity index (χ2n) is 3.06. The quantitative estimate of drug-likeness (QED) is 0.347. The molecule has 0 aromatic heterocycles. The van der Waals surface area contributed by atoms with E-state index in [0.29, 0.717) is 24.6 Å². The normalized spacial score (nSPS) is 10.9. The van der Waals surface area contributed by atoms with Gasteiger partial charge < -0.3 is 13.6 Å². The van der Waals surface area contributed by atoms with Gasteiger partial charge in [0.15, 0.2) is 0 Å².